The molecule has 1 aliphatic heterocycles. The number of alkyl halides is 1. The van der Waals surface area contributed by atoms with Crippen LogP contribution in [0.2, 0.25) is 10.0 Å². The van der Waals surface area contributed by atoms with Crippen LogP contribution in [0, 0.1) is 5.92 Å². The Kier molecular flexibility index (Phi) is 3.72. The average Bonchev–Trinajstić information content (AvgIpc) is 2.60. The molecule has 1 aliphatic rings. The van der Waals surface area contributed by atoms with Crippen molar-refractivity contribution in [2.45, 2.75) is 6.42 Å². The summed E-state index contributed by atoms with van der Waals surface area (Å²) in [6.07, 6.45) is 3.52. The van der Waals surface area contributed by atoms with Gasteiger partial charge in [0.15, 0.2) is 0 Å². The number of carbonyl (C=O) groups excluding carboxylic acids is 1. The van der Waals surface area contributed by atoms with Crippen molar-refractivity contribution >= 4 is 50.7 Å². The molecule has 0 radical (unpaired) electrons. The molecular weight excluding hydrogens is 315 g/mol. The van der Waals surface area contributed by atoms with Crippen molar-refractivity contribution in [2.75, 3.05) is 16.8 Å². The van der Waals surface area contributed by atoms with Crippen LogP contribution in [-0.2, 0) is 4.79 Å². The van der Waals surface area contributed by atoms with Gasteiger partial charge in [-0.1, -0.05) is 39.1 Å². The smallest absolute Gasteiger partial charge is 0.227 e. The summed E-state index contributed by atoms with van der Waals surface area (Å²) >= 11 is 15.4. The van der Waals surface area contributed by atoms with Gasteiger partial charge in [-0.15, -0.1) is 0 Å². The van der Waals surface area contributed by atoms with Crippen LogP contribution < -0.4 is 4.90 Å². The van der Waals surface area contributed by atoms with E-state index in [-0.39, 0.29) is 5.91 Å². The Balaban J connectivity index is 2.35. The van der Waals surface area contributed by atoms with E-state index in [0.717, 1.165) is 5.33 Å². The van der Waals surface area contributed by atoms with Gasteiger partial charge in [0.2, 0.25) is 5.91 Å². The van der Waals surface area contributed by atoms with Crippen LogP contribution in [0.5, 0.6) is 0 Å². The summed E-state index contributed by atoms with van der Waals surface area (Å²) in [7, 11) is 0. The van der Waals surface area contributed by atoms with E-state index in [0.29, 0.717) is 34.6 Å². The van der Waals surface area contributed by atoms with Gasteiger partial charge in [-0.05, 0) is 5.92 Å². The van der Waals surface area contributed by atoms with Crippen molar-refractivity contribution in [3.05, 3.63) is 22.4 Å². The minimum atomic E-state index is 0.0550. The zero-order chi connectivity index (χ0) is 11.7. The van der Waals surface area contributed by atoms with Crippen molar-refractivity contribution in [3.63, 3.8) is 0 Å². The highest BCUT2D eigenvalue weighted by Crippen LogP contribution is 2.36. The molecule has 0 bridgehead atoms. The summed E-state index contributed by atoms with van der Waals surface area (Å²) < 4.78 is 0. The number of rotatable bonds is 2. The quantitative estimate of drug-likeness (QED) is 0.783. The maximum absolute atomic E-state index is 11.8. The first-order chi connectivity index (χ1) is 7.63. The number of halogens is 3. The molecule has 6 heteroatoms. The summed E-state index contributed by atoms with van der Waals surface area (Å²) in [5.74, 6) is 0.368. The van der Waals surface area contributed by atoms with Crippen LogP contribution >= 0.6 is 39.1 Å². The Labute approximate surface area is 112 Å². The van der Waals surface area contributed by atoms with Crippen molar-refractivity contribution < 1.29 is 4.79 Å². The van der Waals surface area contributed by atoms with Crippen LogP contribution in [0.25, 0.3) is 0 Å². The molecule has 0 aliphatic carbocycles. The number of nitrogens with zero attached hydrogens (tertiary/aromatic N) is 2. The highest BCUT2D eigenvalue weighted by atomic mass is 79.9. The SMILES string of the molecule is O=C1CC(CBr)CN1c1c(Cl)cncc1Cl. The van der Waals surface area contributed by atoms with Crippen molar-refractivity contribution in [1.82, 2.24) is 4.98 Å². The predicted molar refractivity (Wildman–Crippen MR) is 68.5 cm³/mol. The molecule has 86 valence electrons. The number of aromatic nitrogens is 1. The zero-order valence-electron chi connectivity index (χ0n) is 8.29. The van der Waals surface area contributed by atoms with Gasteiger partial charge in [0, 0.05) is 30.7 Å². The fourth-order valence-electron chi connectivity index (χ4n) is 1.76. The Hall–Kier alpha value is -0.320. The van der Waals surface area contributed by atoms with Gasteiger partial charge in [0.1, 0.15) is 0 Å². The summed E-state index contributed by atoms with van der Waals surface area (Å²) in [5, 5.41) is 1.63. The lowest BCUT2D eigenvalue weighted by atomic mass is 10.2. The number of amides is 1. The number of hydrogen-bond donors (Lipinski definition) is 0. The van der Waals surface area contributed by atoms with E-state index >= 15 is 0 Å². The number of hydrogen-bond acceptors (Lipinski definition) is 2. The molecule has 0 spiro atoms. The van der Waals surface area contributed by atoms with Crippen LogP contribution in [0.3, 0.4) is 0 Å². The fourth-order valence-corrected chi connectivity index (χ4v) is 2.77. The lowest BCUT2D eigenvalue weighted by Gasteiger charge is -2.18. The molecule has 1 fully saturated rings. The fraction of sp³-hybridized carbons (Fsp3) is 0.400. The van der Waals surface area contributed by atoms with E-state index in [9.17, 15) is 4.79 Å². The van der Waals surface area contributed by atoms with Crippen molar-refractivity contribution in [3.8, 4) is 0 Å². The summed E-state index contributed by atoms with van der Waals surface area (Å²) in [6, 6.07) is 0. The summed E-state index contributed by atoms with van der Waals surface area (Å²) in [6.45, 7) is 0.646. The first-order valence-electron chi connectivity index (χ1n) is 4.78. The Morgan fingerprint density at radius 3 is 2.56 bits per heavy atom. The Morgan fingerprint density at radius 2 is 2.06 bits per heavy atom. The molecule has 3 nitrogen and oxygen atoms in total. The van der Waals surface area contributed by atoms with Gasteiger partial charge >= 0.3 is 0 Å². The van der Waals surface area contributed by atoms with E-state index < -0.39 is 0 Å². The Bertz CT molecular complexity index is 407. The van der Waals surface area contributed by atoms with Crippen LogP contribution in [0.15, 0.2) is 12.4 Å². The lowest BCUT2D eigenvalue weighted by Crippen LogP contribution is -2.25. The highest BCUT2D eigenvalue weighted by Gasteiger charge is 2.32. The molecule has 1 atom stereocenters. The zero-order valence-corrected chi connectivity index (χ0v) is 11.4. The third kappa shape index (κ3) is 2.19. The minimum absolute atomic E-state index is 0.0550. The van der Waals surface area contributed by atoms with Crippen LogP contribution in [0.4, 0.5) is 5.69 Å². The lowest BCUT2D eigenvalue weighted by molar-refractivity contribution is -0.117. The molecule has 1 unspecified atom stereocenters. The molecule has 0 N–H and O–H groups in total. The van der Waals surface area contributed by atoms with E-state index in [1.54, 1.807) is 4.90 Å². The highest BCUT2D eigenvalue weighted by molar-refractivity contribution is 9.09. The molecule has 1 amide bonds. The third-order valence-corrected chi connectivity index (χ3v) is 3.99. The minimum Gasteiger partial charge on any atom is -0.309 e. The van der Waals surface area contributed by atoms with Crippen molar-refractivity contribution in [2.24, 2.45) is 5.92 Å². The van der Waals surface area contributed by atoms with E-state index in [2.05, 4.69) is 20.9 Å². The summed E-state index contributed by atoms with van der Waals surface area (Å²) in [5.41, 5.74) is 0.576. The molecular formula is C10H9BrCl2N2O. The standard InChI is InChI=1S/C10H9BrCl2N2O/c11-2-6-1-9(16)15(5-6)10-7(12)3-14-4-8(10)13/h3-4,6H,1-2,5H2. The molecule has 2 heterocycles. The van der Waals surface area contributed by atoms with E-state index in [4.69, 9.17) is 23.2 Å². The second kappa shape index (κ2) is 4.90. The molecule has 0 aromatic carbocycles. The molecule has 1 aromatic heterocycles. The van der Waals surface area contributed by atoms with Crippen molar-refractivity contribution in [1.29, 1.82) is 0 Å². The number of anilines is 1. The second-order valence-corrected chi connectivity index (χ2v) is 5.14. The van der Waals surface area contributed by atoms with Gasteiger partial charge in [-0.25, -0.2) is 0 Å². The maximum atomic E-state index is 11.8. The topological polar surface area (TPSA) is 33.2 Å². The van der Waals surface area contributed by atoms with E-state index in [1.165, 1.54) is 12.4 Å². The first-order valence-corrected chi connectivity index (χ1v) is 6.66. The second-order valence-electron chi connectivity index (χ2n) is 3.68. The predicted octanol–water partition coefficient (Wildman–Crippen LogP) is 3.14. The number of carbonyl (C=O) groups is 1. The monoisotopic (exact) mass is 322 g/mol. The molecule has 1 aromatic rings. The van der Waals surface area contributed by atoms with Crippen LogP contribution in [-0.4, -0.2) is 22.8 Å². The van der Waals surface area contributed by atoms with E-state index in [1.807, 2.05) is 0 Å². The van der Waals surface area contributed by atoms with Gasteiger partial charge in [-0.2, -0.15) is 0 Å². The largest absolute Gasteiger partial charge is 0.309 e. The normalized spacial score (nSPS) is 20.6. The molecule has 1 saturated heterocycles. The van der Waals surface area contributed by atoms with Gasteiger partial charge in [0.05, 0.1) is 15.7 Å². The molecule has 0 saturated carbocycles. The van der Waals surface area contributed by atoms with Gasteiger partial charge < -0.3 is 4.90 Å². The molecule has 16 heavy (non-hydrogen) atoms. The summed E-state index contributed by atoms with van der Waals surface area (Å²) in [4.78, 5) is 17.3. The maximum Gasteiger partial charge on any atom is 0.227 e. The van der Waals surface area contributed by atoms with Gasteiger partial charge in [-0.3, -0.25) is 9.78 Å². The van der Waals surface area contributed by atoms with Crippen LogP contribution in [0.1, 0.15) is 6.42 Å². The third-order valence-electron chi connectivity index (χ3n) is 2.52. The Morgan fingerprint density at radius 1 is 1.44 bits per heavy atom. The van der Waals surface area contributed by atoms with Gasteiger partial charge in [0.25, 0.3) is 0 Å². The first kappa shape index (κ1) is 12.1. The molecule has 2 rings (SSSR count). The average molecular weight is 324 g/mol. The number of pyridine rings is 1.